The van der Waals surface area contributed by atoms with E-state index in [2.05, 4.69) is 15.3 Å². The summed E-state index contributed by atoms with van der Waals surface area (Å²) in [5, 5.41) is 3.04. The van der Waals surface area contributed by atoms with Crippen LogP contribution < -0.4 is 16.6 Å². The van der Waals surface area contributed by atoms with Crippen molar-refractivity contribution in [2.45, 2.75) is 6.67 Å². The fourth-order valence-electron chi connectivity index (χ4n) is 2.06. The first-order valence-corrected chi connectivity index (χ1v) is 6.10. The van der Waals surface area contributed by atoms with E-state index in [1.165, 1.54) is 10.9 Å². The summed E-state index contributed by atoms with van der Waals surface area (Å²) < 4.78 is 2.48. The SMILES string of the molecule is Cl.Cn1c(=O)n(CNc2ccccc2)c(=O)c2[nH]cnc21. The van der Waals surface area contributed by atoms with E-state index in [1.54, 1.807) is 7.05 Å². The molecule has 2 heterocycles. The predicted octanol–water partition coefficient (Wildman–Crippen LogP) is 0.915. The van der Waals surface area contributed by atoms with Crippen LogP contribution in [0.3, 0.4) is 0 Å². The number of rotatable bonds is 3. The number of nitrogens with zero attached hydrogens (tertiary/aromatic N) is 3. The van der Waals surface area contributed by atoms with Gasteiger partial charge in [-0.1, -0.05) is 18.2 Å². The van der Waals surface area contributed by atoms with Gasteiger partial charge in [-0.25, -0.2) is 14.3 Å². The van der Waals surface area contributed by atoms with Crippen LogP contribution in [0.15, 0.2) is 46.2 Å². The lowest BCUT2D eigenvalue weighted by Gasteiger charge is -2.10. The van der Waals surface area contributed by atoms with E-state index in [-0.39, 0.29) is 24.6 Å². The van der Waals surface area contributed by atoms with Crippen molar-refractivity contribution in [3.05, 3.63) is 57.5 Å². The molecule has 0 bridgehead atoms. The van der Waals surface area contributed by atoms with E-state index in [0.717, 1.165) is 10.3 Å². The first-order chi connectivity index (χ1) is 9.68. The summed E-state index contributed by atoms with van der Waals surface area (Å²) >= 11 is 0. The number of anilines is 1. The minimum absolute atomic E-state index is 0. The average Bonchev–Trinajstić information content (AvgIpc) is 2.96. The van der Waals surface area contributed by atoms with E-state index >= 15 is 0 Å². The molecule has 0 saturated carbocycles. The van der Waals surface area contributed by atoms with Gasteiger partial charge in [0.15, 0.2) is 5.65 Å². The molecule has 3 aromatic rings. The molecule has 2 N–H and O–H groups in total. The zero-order valence-corrected chi connectivity index (χ0v) is 12.1. The molecule has 0 amide bonds. The Morgan fingerprint density at radius 3 is 2.67 bits per heavy atom. The number of halogens is 1. The highest BCUT2D eigenvalue weighted by molar-refractivity contribution is 5.85. The van der Waals surface area contributed by atoms with E-state index in [0.29, 0.717) is 11.2 Å². The number of imidazole rings is 1. The number of aromatic nitrogens is 4. The van der Waals surface area contributed by atoms with Crippen LogP contribution >= 0.6 is 12.4 Å². The van der Waals surface area contributed by atoms with Crippen LogP contribution in [-0.2, 0) is 13.7 Å². The summed E-state index contributed by atoms with van der Waals surface area (Å²) in [4.78, 5) is 31.1. The van der Waals surface area contributed by atoms with Gasteiger partial charge in [0, 0.05) is 12.7 Å². The number of hydrogen-bond donors (Lipinski definition) is 2. The average molecular weight is 308 g/mol. The molecule has 3 rings (SSSR count). The molecule has 0 radical (unpaired) electrons. The van der Waals surface area contributed by atoms with Gasteiger partial charge in [0.1, 0.15) is 12.2 Å². The van der Waals surface area contributed by atoms with Crippen molar-refractivity contribution in [3.63, 3.8) is 0 Å². The normalized spacial score (nSPS) is 10.3. The third-order valence-corrected chi connectivity index (χ3v) is 3.13. The minimum atomic E-state index is -0.405. The second-order valence-corrected chi connectivity index (χ2v) is 4.38. The van der Waals surface area contributed by atoms with Crippen LogP contribution in [0.5, 0.6) is 0 Å². The Morgan fingerprint density at radius 2 is 1.95 bits per heavy atom. The molecule has 0 unspecified atom stereocenters. The van der Waals surface area contributed by atoms with Crippen molar-refractivity contribution in [2.24, 2.45) is 7.05 Å². The maximum absolute atomic E-state index is 12.2. The summed E-state index contributed by atoms with van der Waals surface area (Å²) in [6, 6.07) is 9.38. The summed E-state index contributed by atoms with van der Waals surface area (Å²) in [6.07, 6.45) is 1.40. The summed E-state index contributed by atoms with van der Waals surface area (Å²) in [5.74, 6) is 0. The number of aromatic amines is 1. The Balaban J connectivity index is 0.00000161. The van der Waals surface area contributed by atoms with Crippen LogP contribution in [0.2, 0.25) is 0 Å². The first kappa shape index (κ1) is 14.9. The fraction of sp³-hybridized carbons (Fsp3) is 0.154. The molecule has 7 nitrogen and oxygen atoms in total. The fourth-order valence-corrected chi connectivity index (χ4v) is 2.06. The highest BCUT2D eigenvalue weighted by Crippen LogP contribution is 2.04. The van der Waals surface area contributed by atoms with Gasteiger partial charge in [-0.2, -0.15) is 0 Å². The van der Waals surface area contributed by atoms with Crippen LogP contribution in [0.1, 0.15) is 0 Å². The molecule has 0 aliphatic rings. The number of nitrogens with one attached hydrogen (secondary N) is 2. The molecule has 2 aromatic heterocycles. The maximum atomic E-state index is 12.2. The molecule has 0 spiro atoms. The molecule has 0 fully saturated rings. The van der Waals surface area contributed by atoms with Gasteiger partial charge in [0.05, 0.1) is 6.33 Å². The largest absolute Gasteiger partial charge is 0.367 e. The molecule has 0 aliphatic carbocycles. The highest BCUT2D eigenvalue weighted by Gasteiger charge is 2.12. The van der Waals surface area contributed by atoms with Gasteiger partial charge in [0.2, 0.25) is 0 Å². The molecule has 110 valence electrons. The van der Waals surface area contributed by atoms with Gasteiger partial charge in [-0.3, -0.25) is 9.36 Å². The number of para-hydroxylation sites is 1. The van der Waals surface area contributed by atoms with Gasteiger partial charge in [0.25, 0.3) is 5.56 Å². The Labute approximate surface area is 125 Å². The van der Waals surface area contributed by atoms with Gasteiger partial charge < -0.3 is 10.3 Å². The standard InChI is InChI=1S/C13H13N5O2.ClH/c1-17-11-10(14-7-15-11)12(19)18(13(17)20)8-16-9-5-3-2-4-6-9;/h2-7,16H,8H2,1H3,(H,14,15);1H. The number of fused-ring (bicyclic) bond motifs is 1. The second kappa shape index (κ2) is 5.84. The van der Waals surface area contributed by atoms with Gasteiger partial charge >= 0.3 is 5.69 Å². The van der Waals surface area contributed by atoms with Crippen molar-refractivity contribution < 1.29 is 0 Å². The van der Waals surface area contributed by atoms with Crippen molar-refractivity contribution >= 4 is 29.3 Å². The van der Waals surface area contributed by atoms with Crippen molar-refractivity contribution in [3.8, 4) is 0 Å². The maximum Gasteiger partial charge on any atom is 0.333 e. The van der Waals surface area contributed by atoms with Crippen molar-refractivity contribution in [2.75, 3.05) is 5.32 Å². The monoisotopic (exact) mass is 307 g/mol. The third-order valence-electron chi connectivity index (χ3n) is 3.13. The molecule has 0 aliphatic heterocycles. The Bertz CT molecular complexity index is 866. The second-order valence-electron chi connectivity index (χ2n) is 4.38. The molecule has 1 aromatic carbocycles. The highest BCUT2D eigenvalue weighted by atomic mass is 35.5. The molecule has 8 heteroatoms. The Morgan fingerprint density at radius 1 is 1.24 bits per heavy atom. The number of benzene rings is 1. The third kappa shape index (κ3) is 2.55. The zero-order valence-electron chi connectivity index (χ0n) is 11.2. The van der Waals surface area contributed by atoms with Gasteiger partial charge in [-0.05, 0) is 12.1 Å². The summed E-state index contributed by atoms with van der Waals surface area (Å²) in [7, 11) is 1.59. The molecule has 0 saturated heterocycles. The van der Waals surface area contributed by atoms with E-state index in [1.807, 2.05) is 30.3 Å². The topological polar surface area (TPSA) is 84.7 Å². The lowest BCUT2D eigenvalue weighted by molar-refractivity contribution is 0.645. The summed E-state index contributed by atoms with van der Waals surface area (Å²) in [5.41, 5.74) is 0.728. The number of aryl methyl sites for hydroxylation is 1. The smallest absolute Gasteiger partial charge is 0.333 e. The molecular weight excluding hydrogens is 294 g/mol. The summed E-state index contributed by atoms with van der Waals surface area (Å²) in [6.45, 7) is 0.102. The first-order valence-electron chi connectivity index (χ1n) is 6.10. The van der Waals surface area contributed by atoms with Gasteiger partial charge in [-0.15, -0.1) is 12.4 Å². The van der Waals surface area contributed by atoms with Crippen molar-refractivity contribution in [1.29, 1.82) is 0 Å². The van der Waals surface area contributed by atoms with Crippen LogP contribution in [-0.4, -0.2) is 19.1 Å². The zero-order chi connectivity index (χ0) is 14.1. The Kier molecular flexibility index (Phi) is 4.13. The lowest BCUT2D eigenvalue weighted by atomic mass is 10.3. The lowest BCUT2D eigenvalue weighted by Crippen LogP contribution is -2.40. The molecule has 21 heavy (non-hydrogen) atoms. The van der Waals surface area contributed by atoms with Crippen LogP contribution in [0.25, 0.3) is 11.2 Å². The predicted molar refractivity (Wildman–Crippen MR) is 82.9 cm³/mol. The molecular formula is C13H14ClN5O2. The van der Waals surface area contributed by atoms with E-state index in [4.69, 9.17) is 0 Å². The Hall–Kier alpha value is -2.54. The number of hydrogen-bond acceptors (Lipinski definition) is 4. The van der Waals surface area contributed by atoms with Crippen LogP contribution in [0, 0.1) is 0 Å². The minimum Gasteiger partial charge on any atom is -0.367 e. The van der Waals surface area contributed by atoms with E-state index < -0.39 is 5.69 Å². The quantitative estimate of drug-likeness (QED) is 0.753. The molecule has 0 atom stereocenters. The van der Waals surface area contributed by atoms with Crippen molar-refractivity contribution in [1.82, 2.24) is 19.1 Å². The van der Waals surface area contributed by atoms with E-state index in [9.17, 15) is 9.59 Å². The van der Waals surface area contributed by atoms with Crippen LogP contribution in [0.4, 0.5) is 5.69 Å². The number of H-pyrrole nitrogens is 1.